The Morgan fingerprint density at radius 3 is 2.47 bits per heavy atom. The number of nitrogens with two attached hydrogens (primary N) is 1. The Kier molecular flexibility index (Phi) is 3.04. The van der Waals surface area contributed by atoms with Crippen LogP contribution in [-0.4, -0.2) is 9.78 Å². The molecule has 0 amide bonds. The van der Waals surface area contributed by atoms with E-state index in [1.165, 1.54) is 0 Å². The van der Waals surface area contributed by atoms with Crippen molar-refractivity contribution < 1.29 is 4.74 Å². The van der Waals surface area contributed by atoms with Gasteiger partial charge in [-0.2, -0.15) is 5.10 Å². The number of hydrogen-bond donors (Lipinski definition) is 1. The average Bonchev–Trinajstić information content (AvgIpc) is 2.58. The zero-order valence-electron chi connectivity index (χ0n) is 10.4. The van der Waals surface area contributed by atoms with Crippen molar-refractivity contribution in [1.82, 2.24) is 9.78 Å². The molecule has 0 aliphatic carbocycles. The summed E-state index contributed by atoms with van der Waals surface area (Å²) in [5.41, 5.74) is 8.82. The number of nitrogen functional groups attached to an aromatic ring is 1. The van der Waals surface area contributed by atoms with Crippen LogP contribution in [0.15, 0.2) is 24.3 Å². The first kappa shape index (κ1) is 11.5. The van der Waals surface area contributed by atoms with Gasteiger partial charge in [0.25, 0.3) is 0 Å². The molecule has 4 heteroatoms. The Morgan fingerprint density at radius 1 is 1.29 bits per heavy atom. The fourth-order valence-corrected chi connectivity index (χ4v) is 1.79. The van der Waals surface area contributed by atoms with Gasteiger partial charge in [-0.3, -0.25) is 4.68 Å². The summed E-state index contributed by atoms with van der Waals surface area (Å²) in [5, 5.41) is 4.25. The van der Waals surface area contributed by atoms with E-state index in [0.29, 0.717) is 12.4 Å². The first-order valence-corrected chi connectivity index (χ1v) is 5.55. The van der Waals surface area contributed by atoms with Crippen molar-refractivity contribution in [2.75, 3.05) is 5.73 Å². The van der Waals surface area contributed by atoms with Gasteiger partial charge in [0.05, 0.1) is 0 Å². The summed E-state index contributed by atoms with van der Waals surface area (Å²) < 4.78 is 7.43. The summed E-state index contributed by atoms with van der Waals surface area (Å²) >= 11 is 0. The molecular weight excluding hydrogens is 214 g/mol. The molecule has 0 fully saturated rings. The van der Waals surface area contributed by atoms with Crippen LogP contribution in [0.3, 0.4) is 0 Å². The Balaban J connectivity index is 2.12. The van der Waals surface area contributed by atoms with E-state index in [1.54, 1.807) is 4.68 Å². The Morgan fingerprint density at radius 2 is 1.94 bits per heavy atom. The van der Waals surface area contributed by atoms with Crippen molar-refractivity contribution in [3.63, 3.8) is 0 Å². The van der Waals surface area contributed by atoms with Gasteiger partial charge in [0, 0.05) is 13.1 Å². The van der Waals surface area contributed by atoms with E-state index in [-0.39, 0.29) is 0 Å². The average molecular weight is 231 g/mol. The maximum absolute atomic E-state index is 5.79. The largest absolute Gasteiger partial charge is 0.487 e. The zero-order chi connectivity index (χ0) is 12.4. The molecule has 0 saturated carbocycles. The van der Waals surface area contributed by atoms with Crippen LogP contribution in [0, 0.1) is 13.8 Å². The maximum atomic E-state index is 5.79. The first-order valence-electron chi connectivity index (χ1n) is 5.55. The van der Waals surface area contributed by atoms with Crippen LogP contribution >= 0.6 is 0 Å². The van der Waals surface area contributed by atoms with Crippen molar-refractivity contribution in [1.29, 1.82) is 0 Å². The van der Waals surface area contributed by atoms with Crippen LogP contribution < -0.4 is 10.5 Å². The van der Waals surface area contributed by atoms with Gasteiger partial charge in [-0.15, -0.1) is 0 Å². The number of benzene rings is 1. The SMILES string of the molecule is Cc1cccc(C)c1OCc1cc(N)n(C)n1. The van der Waals surface area contributed by atoms with Gasteiger partial charge in [-0.1, -0.05) is 18.2 Å². The van der Waals surface area contributed by atoms with Gasteiger partial charge >= 0.3 is 0 Å². The minimum atomic E-state index is 0.441. The molecule has 17 heavy (non-hydrogen) atoms. The van der Waals surface area contributed by atoms with Crippen LogP contribution in [0.5, 0.6) is 5.75 Å². The van der Waals surface area contributed by atoms with E-state index in [0.717, 1.165) is 22.6 Å². The minimum absolute atomic E-state index is 0.441. The summed E-state index contributed by atoms with van der Waals surface area (Å²) in [6.45, 7) is 4.51. The summed E-state index contributed by atoms with van der Waals surface area (Å²) in [6.07, 6.45) is 0. The lowest BCUT2D eigenvalue weighted by Gasteiger charge is -2.10. The molecule has 2 rings (SSSR count). The van der Waals surface area contributed by atoms with Crippen molar-refractivity contribution in [2.24, 2.45) is 7.05 Å². The molecule has 0 bridgehead atoms. The molecule has 90 valence electrons. The van der Waals surface area contributed by atoms with E-state index in [2.05, 4.69) is 5.10 Å². The second-order valence-corrected chi connectivity index (χ2v) is 4.19. The van der Waals surface area contributed by atoms with Crippen molar-refractivity contribution in [3.8, 4) is 5.75 Å². The Labute approximate surface area is 101 Å². The van der Waals surface area contributed by atoms with E-state index >= 15 is 0 Å². The van der Waals surface area contributed by atoms with Gasteiger partial charge < -0.3 is 10.5 Å². The quantitative estimate of drug-likeness (QED) is 0.881. The number of rotatable bonds is 3. The fourth-order valence-electron chi connectivity index (χ4n) is 1.79. The standard InChI is InChI=1S/C13H17N3O/c1-9-5-4-6-10(2)13(9)17-8-11-7-12(14)16(3)15-11/h4-7H,8,14H2,1-3H3. The van der Waals surface area contributed by atoms with Crippen molar-refractivity contribution in [3.05, 3.63) is 41.1 Å². The number of hydrogen-bond acceptors (Lipinski definition) is 3. The van der Waals surface area contributed by atoms with Gasteiger partial charge in [0.1, 0.15) is 23.9 Å². The summed E-state index contributed by atoms with van der Waals surface area (Å²) in [5.74, 6) is 1.57. The molecule has 1 aromatic heterocycles. The number of para-hydroxylation sites is 1. The van der Waals surface area contributed by atoms with Gasteiger partial charge in [0.2, 0.25) is 0 Å². The summed E-state index contributed by atoms with van der Waals surface area (Å²) in [6, 6.07) is 7.92. The predicted molar refractivity (Wildman–Crippen MR) is 67.9 cm³/mol. The first-order chi connectivity index (χ1) is 8.08. The number of aromatic nitrogens is 2. The van der Waals surface area contributed by atoms with Gasteiger partial charge in [0.15, 0.2) is 0 Å². The molecule has 0 aliphatic rings. The highest BCUT2D eigenvalue weighted by Crippen LogP contribution is 2.23. The third-order valence-corrected chi connectivity index (χ3v) is 2.74. The third-order valence-electron chi connectivity index (χ3n) is 2.74. The van der Waals surface area contributed by atoms with Crippen molar-refractivity contribution in [2.45, 2.75) is 20.5 Å². The molecule has 0 spiro atoms. The summed E-state index contributed by atoms with van der Waals surface area (Å²) in [7, 11) is 1.82. The molecule has 0 radical (unpaired) electrons. The van der Waals surface area contributed by atoms with E-state index < -0.39 is 0 Å². The van der Waals surface area contributed by atoms with Crippen LogP contribution in [0.25, 0.3) is 0 Å². The fraction of sp³-hybridized carbons (Fsp3) is 0.308. The van der Waals surface area contributed by atoms with Crippen LogP contribution in [0.4, 0.5) is 5.82 Å². The number of ether oxygens (including phenoxy) is 1. The second kappa shape index (κ2) is 4.49. The molecule has 0 saturated heterocycles. The molecule has 2 aromatic rings. The van der Waals surface area contributed by atoms with Gasteiger partial charge in [-0.25, -0.2) is 0 Å². The topological polar surface area (TPSA) is 53.1 Å². The highest BCUT2D eigenvalue weighted by Gasteiger charge is 2.06. The number of nitrogens with zero attached hydrogens (tertiary/aromatic N) is 2. The lowest BCUT2D eigenvalue weighted by Crippen LogP contribution is -2.01. The highest BCUT2D eigenvalue weighted by molar-refractivity contribution is 5.40. The van der Waals surface area contributed by atoms with Crippen molar-refractivity contribution >= 4 is 5.82 Å². The second-order valence-electron chi connectivity index (χ2n) is 4.19. The molecule has 1 heterocycles. The van der Waals surface area contributed by atoms with E-state index in [4.69, 9.17) is 10.5 Å². The Bertz CT molecular complexity index is 492. The lowest BCUT2D eigenvalue weighted by molar-refractivity contribution is 0.296. The van der Waals surface area contributed by atoms with E-state index in [1.807, 2.05) is 45.2 Å². The molecule has 0 unspecified atom stereocenters. The van der Waals surface area contributed by atoms with Crippen LogP contribution in [-0.2, 0) is 13.7 Å². The maximum Gasteiger partial charge on any atom is 0.132 e. The number of anilines is 1. The molecule has 2 N–H and O–H groups in total. The van der Waals surface area contributed by atoms with Crippen LogP contribution in [0.1, 0.15) is 16.8 Å². The monoisotopic (exact) mass is 231 g/mol. The predicted octanol–water partition coefficient (Wildman–Crippen LogP) is 2.20. The molecular formula is C13H17N3O. The lowest BCUT2D eigenvalue weighted by atomic mass is 10.1. The molecule has 0 atom stereocenters. The van der Waals surface area contributed by atoms with E-state index in [9.17, 15) is 0 Å². The zero-order valence-corrected chi connectivity index (χ0v) is 10.4. The van der Waals surface area contributed by atoms with Crippen LogP contribution in [0.2, 0.25) is 0 Å². The highest BCUT2D eigenvalue weighted by atomic mass is 16.5. The number of aryl methyl sites for hydroxylation is 3. The third kappa shape index (κ3) is 2.41. The molecule has 0 aliphatic heterocycles. The molecule has 4 nitrogen and oxygen atoms in total. The molecule has 1 aromatic carbocycles. The normalized spacial score (nSPS) is 10.5. The summed E-state index contributed by atoms with van der Waals surface area (Å²) in [4.78, 5) is 0. The minimum Gasteiger partial charge on any atom is -0.487 e. The smallest absolute Gasteiger partial charge is 0.132 e. The Hall–Kier alpha value is -1.97. The van der Waals surface area contributed by atoms with Gasteiger partial charge in [-0.05, 0) is 25.0 Å².